The summed E-state index contributed by atoms with van der Waals surface area (Å²) in [6.07, 6.45) is 0.0969. The number of hydrogen-bond acceptors (Lipinski definition) is 2. The molecule has 90 valence electrons. The van der Waals surface area contributed by atoms with Crippen LogP contribution in [0.25, 0.3) is 0 Å². The van der Waals surface area contributed by atoms with Gasteiger partial charge in [-0.25, -0.2) is 0 Å². The molecule has 1 atom stereocenters. The number of rotatable bonds is 5. The Hall–Kier alpha value is -0.440. The van der Waals surface area contributed by atoms with Gasteiger partial charge in [-0.15, -0.1) is 0 Å². The van der Waals surface area contributed by atoms with Gasteiger partial charge in [-0.1, -0.05) is 37.0 Å². The van der Waals surface area contributed by atoms with Crippen molar-refractivity contribution in [3.63, 3.8) is 0 Å². The third kappa shape index (κ3) is 4.60. The average Bonchev–Trinajstić information content (AvgIpc) is 2.21. The van der Waals surface area contributed by atoms with Crippen LogP contribution >= 0.6 is 23.2 Å². The number of ether oxygens (including phenoxy) is 1. The number of halogens is 2. The standard InChI is InChI=1S/C12H17Cl2NO/c1-8(2)15-7-9(3)16-10-4-5-11(13)12(14)6-10/h4-6,8-9,15H,7H2,1-3H3. The minimum Gasteiger partial charge on any atom is -0.489 e. The highest BCUT2D eigenvalue weighted by Crippen LogP contribution is 2.26. The van der Waals surface area contributed by atoms with Crippen LogP contribution in [0.4, 0.5) is 0 Å². The third-order valence-electron chi connectivity index (χ3n) is 2.04. The monoisotopic (exact) mass is 261 g/mol. The van der Waals surface area contributed by atoms with Crippen LogP contribution in [-0.4, -0.2) is 18.7 Å². The molecule has 0 fully saturated rings. The molecule has 0 radical (unpaired) electrons. The minimum absolute atomic E-state index is 0.0969. The maximum absolute atomic E-state index is 5.90. The summed E-state index contributed by atoms with van der Waals surface area (Å²) in [5.41, 5.74) is 0. The van der Waals surface area contributed by atoms with E-state index in [1.807, 2.05) is 13.0 Å². The SMILES string of the molecule is CC(C)NCC(C)Oc1ccc(Cl)c(Cl)c1. The first-order chi connectivity index (χ1) is 7.49. The van der Waals surface area contributed by atoms with E-state index in [-0.39, 0.29) is 6.10 Å². The van der Waals surface area contributed by atoms with Gasteiger partial charge in [0.05, 0.1) is 10.0 Å². The second-order valence-electron chi connectivity index (χ2n) is 4.07. The fourth-order valence-electron chi connectivity index (χ4n) is 1.23. The Balaban J connectivity index is 2.49. The molecule has 4 heteroatoms. The predicted octanol–water partition coefficient (Wildman–Crippen LogP) is 3.76. The fraction of sp³-hybridized carbons (Fsp3) is 0.500. The molecule has 0 amide bonds. The van der Waals surface area contributed by atoms with Crippen molar-refractivity contribution in [1.29, 1.82) is 0 Å². The first-order valence-electron chi connectivity index (χ1n) is 5.34. The summed E-state index contributed by atoms with van der Waals surface area (Å²) in [6.45, 7) is 7.02. The Morgan fingerprint density at radius 1 is 1.19 bits per heavy atom. The molecule has 1 aromatic carbocycles. The zero-order valence-corrected chi connectivity index (χ0v) is 11.3. The molecule has 0 aliphatic rings. The number of benzene rings is 1. The molecule has 0 aliphatic heterocycles. The van der Waals surface area contributed by atoms with Crippen LogP contribution in [0.5, 0.6) is 5.75 Å². The molecule has 0 saturated heterocycles. The Labute approximate surface area is 107 Å². The summed E-state index contributed by atoms with van der Waals surface area (Å²) in [7, 11) is 0. The van der Waals surface area contributed by atoms with Crippen LogP contribution in [0, 0.1) is 0 Å². The normalized spacial score (nSPS) is 12.9. The highest BCUT2D eigenvalue weighted by atomic mass is 35.5. The largest absolute Gasteiger partial charge is 0.489 e. The molecule has 1 N–H and O–H groups in total. The van der Waals surface area contributed by atoms with Gasteiger partial charge >= 0.3 is 0 Å². The quantitative estimate of drug-likeness (QED) is 0.872. The zero-order chi connectivity index (χ0) is 12.1. The van der Waals surface area contributed by atoms with Crippen LogP contribution < -0.4 is 10.1 Å². The summed E-state index contributed by atoms with van der Waals surface area (Å²) in [5.74, 6) is 0.743. The van der Waals surface area contributed by atoms with E-state index in [0.29, 0.717) is 16.1 Å². The highest BCUT2D eigenvalue weighted by molar-refractivity contribution is 6.42. The van der Waals surface area contributed by atoms with Crippen molar-refractivity contribution in [2.24, 2.45) is 0 Å². The van der Waals surface area contributed by atoms with Gasteiger partial charge in [0.1, 0.15) is 11.9 Å². The predicted molar refractivity (Wildman–Crippen MR) is 69.7 cm³/mol. The molecule has 1 rings (SSSR count). The van der Waals surface area contributed by atoms with Gasteiger partial charge in [-0.05, 0) is 19.1 Å². The lowest BCUT2D eigenvalue weighted by Gasteiger charge is -2.17. The lowest BCUT2D eigenvalue weighted by Crippen LogP contribution is -2.33. The van der Waals surface area contributed by atoms with E-state index < -0.39 is 0 Å². The van der Waals surface area contributed by atoms with Crippen LogP contribution in [0.2, 0.25) is 10.0 Å². The first kappa shape index (κ1) is 13.6. The van der Waals surface area contributed by atoms with Crippen molar-refractivity contribution in [3.05, 3.63) is 28.2 Å². The smallest absolute Gasteiger partial charge is 0.121 e. The van der Waals surface area contributed by atoms with Crippen LogP contribution in [0.3, 0.4) is 0 Å². The lowest BCUT2D eigenvalue weighted by atomic mass is 10.3. The topological polar surface area (TPSA) is 21.3 Å². The van der Waals surface area contributed by atoms with Crippen LogP contribution in [0.15, 0.2) is 18.2 Å². The van der Waals surface area contributed by atoms with Crippen molar-refractivity contribution < 1.29 is 4.74 Å². The van der Waals surface area contributed by atoms with E-state index >= 15 is 0 Å². The minimum atomic E-state index is 0.0969. The van der Waals surface area contributed by atoms with Crippen molar-refractivity contribution in [3.8, 4) is 5.75 Å². The Bertz CT molecular complexity index is 342. The third-order valence-corrected chi connectivity index (χ3v) is 2.78. The summed E-state index contributed by atoms with van der Waals surface area (Å²) < 4.78 is 5.69. The Kier molecular flexibility index (Phi) is 5.39. The molecule has 0 spiro atoms. The molecule has 1 unspecified atom stereocenters. The number of nitrogens with one attached hydrogen (secondary N) is 1. The number of hydrogen-bond donors (Lipinski definition) is 1. The molecule has 0 bridgehead atoms. The second kappa shape index (κ2) is 6.33. The van der Waals surface area contributed by atoms with Crippen molar-refractivity contribution >= 4 is 23.2 Å². The van der Waals surface area contributed by atoms with Crippen molar-refractivity contribution in [2.45, 2.75) is 32.9 Å². The van der Waals surface area contributed by atoms with Gasteiger partial charge in [0, 0.05) is 18.7 Å². The maximum atomic E-state index is 5.90. The summed E-state index contributed by atoms with van der Waals surface area (Å²) in [5, 5.41) is 4.37. The van der Waals surface area contributed by atoms with Gasteiger partial charge in [-0.3, -0.25) is 0 Å². The molecular weight excluding hydrogens is 245 g/mol. The van der Waals surface area contributed by atoms with Crippen LogP contribution in [-0.2, 0) is 0 Å². The summed E-state index contributed by atoms with van der Waals surface area (Å²) >= 11 is 11.7. The molecule has 16 heavy (non-hydrogen) atoms. The Morgan fingerprint density at radius 3 is 2.44 bits per heavy atom. The van der Waals surface area contributed by atoms with Gasteiger partial charge in [-0.2, -0.15) is 0 Å². The molecular formula is C12H17Cl2NO. The zero-order valence-electron chi connectivity index (χ0n) is 9.76. The van der Waals surface area contributed by atoms with Gasteiger partial charge in [0.15, 0.2) is 0 Å². The summed E-state index contributed by atoms with van der Waals surface area (Å²) in [4.78, 5) is 0. The van der Waals surface area contributed by atoms with E-state index in [1.54, 1.807) is 12.1 Å². The van der Waals surface area contributed by atoms with Crippen LogP contribution in [0.1, 0.15) is 20.8 Å². The van der Waals surface area contributed by atoms with Gasteiger partial charge in [0.2, 0.25) is 0 Å². The fourth-order valence-corrected chi connectivity index (χ4v) is 1.51. The molecule has 2 nitrogen and oxygen atoms in total. The lowest BCUT2D eigenvalue weighted by molar-refractivity contribution is 0.213. The molecule has 0 saturated carbocycles. The van der Waals surface area contributed by atoms with E-state index in [9.17, 15) is 0 Å². The molecule has 0 heterocycles. The summed E-state index contributed by atoms with van der Waals surface area (Å²) in [6, 6.07) is 5.75. The second-order valence-corrected chi connectivity index (χ2v) is 4.88. The van der Waals surface area contributed by atoms with E-state index in [0.717, 1.165) is 12.3 Å². The highest BCUT2D eigenvalue weighted by Gasteiger charge is 2.06. The first-order valence-corrected chi connectivity index (χ1v) is 6.09. The van der Waals surface area contributed by atoms with E-state index in [4.69, 9.17) is 27.9 Å². The van der Waals surface area contributed by atoms with Crippen molar-refractivity contribution in [2.75, 3.05) is 6.54 Å². The molecule has 1 aromatic rings. The van der Waals surface area contributed by atoms with Gasteiger partial charge < -0.3 is 10.1 Å². The van der Waals surface area contributed by atoms with Gasteiger partial charge in [0.25, 0.3) is 0 Å². The van der Waals surface area contributed by atoms with Crippen molar-refractivity contribution in [1.82, 2.24) is 5.32 Å². The van der Waals surface area contributed by atoms with E-state index in [1.165, 1.54) is 0 Å². The molecule has 0 aliphatic carbocycles. The average molecular weight is 262 g/mol. The maximum Gasteiger partial charge on any atom is 0.121 e. The van der Waals surface area contributed by atoms with E-state index in [2.05, 4.69) is 19.2 Å². The Morgan fingerprint density at radius 2 is 1.88 bits per heavy atom. The molecule has 0 aromatic heterocycles.